The highest BCUT2D eigenvalue weighted by Crippen LogP contribution is 2.16. The van der Waals surface area contributed by atoms with Gasteiger partial charge in [-0.1, -0.05) is 13.8 Å². The molecule has 2 aromatic rings. The molecule has 0 fully saturated rings. The second kappa shape index (κ2) is 6.26. The van der Waals surface area contributed by atoms with Crippen molar-refractivity contribution in [2.24, 2.45) is 0 Å². The molecule has 5 heteroatoms. The van der Waals surface area contributed by atoms with Gasteiger partial charge in [-0.3, -0.25) is 4.98 Å². The van der Waals surface area contributed by atoms with Gasteiger partial charge in [0.15, 0.2) is 0 Å². The summed E-state index contributed by atoms with van der Waals surface area (Å²) >= 11 is 0. The maximum Gasteiger partial charge on any atom is 0.247 e. The molecule has 1 N–H and O–H groups in total. The zero-order valence-corrected chi connectivity index (χ0v) is 10.8. The molecule has 0 unspecified atom stereocenters. The molecule has 18 heavy (non-hydrogen) atoms. The largest absolute Gasteiger partial charge is 0.421 e. The van der Waals surface area contributed by atoms with Crippen LogP contribution in [0.15, 0.2) is 28.9 Å². The van der Waals surface area contributed by atoms with E-state index in [9.17, 15) is 0 Å². The molecule has 0 saturated carbocycles. The first kappa shape index (κ1) is 12.7. The summed E-state index contributed by atoms with van der Waals surface area (Å²) < 4.78 is 5.60. The molecule has 0 aliphatic rings. The molecule has 2 rings (SSSR count). The topological polar surface area (TPSA) is 63.8 Å². The van der Waals surface area contributed by atoms with Gasteiger partial charge in [-0.2, -0.15) is 0 Å². The van der Waals surface area contributed by atoms with Crippen molar-refractivity contribution < 1.29 is 4.42 Å². The van der Waals surface area contributed by atoms with Crippen LogP contribution in [0, 0.1) is 0 Å². The van der Waals surface area contributed by atoms with Gasteiger partial charge in [-0.25, -0.2) is 0 Å². The van der Waals surface area contributed by atoms with Crippen LogP contribution in [0.4, 0.5) is 0 Å². The number of rotatable bonds is 6. The number of nitrogens with one attached hydrogen (secondary N) is 1. The van der Waals surface area contributed by atoms with Crippen LogP contribution in [0.1, 0.15) is 26.2 Å². The van der Waals surface area contributed by atoms with Crippen molar-refractivity contribution in [3.63, 3.8) is 0 Å². The van der Waals surface area contributed by atoms with Crippen molar-refractivity contribution in [2.45, 2.75) is 32.7 Å². The third kappa shape index (κ3) is 3.63. The van der Waals surface area contributed by atoms with Crippen molar-refractivity contribution in [1.29, 1.82) is 0 Å². The summed E-state index contributed by atoms with van der Waals surface area (Å²) in [4.78, 5) is 3.96. The Labute approximate surface area is 107 Å². The third-order valence-electron chi connectivity index (χ3n) is 2.51. The number of nitrogens with zero attached hydrogens (tertiary/aromatic N) is 3. The van der Waals surface area contributed by atoms with Crippen LogP contribution in [0.3, 0.4) is 0 Å². The lowest BCUT2D eigenvalue weighted by Crippen LogP contribution is -2.23. The molecule has 0 aromatic carbocycles. The quantitative estimate of drug-likeness (QED) is 0.790. The SMILES string of the molecule is CC(C)NCCCc1nnc(-c2ccncc2)o1. The third-order valence-corrected chi connectivity index (χ3v) is 2.51. The first-order chi connectivity index (χ1) is 8.75. The van der Waals surface area contributed by atoms with Crippen molar-refractivity contribution in [3.05, 3.63) is 30.4 Å². The van der Waals surface area contributed by atoms with Crippen LogP contribution in [0.2, 0.25) is 0 Å². The minimum atomic E-state index is 0.514. The average molecular weight is 246 g/mol. The molecule has 0 amide bonds. The number of hydrogen-bond donors (Lipinski definition) is 1. The smallest absolute Gasteiger partial charge is 0.247 e. The van der Waals surface area contributed by atoms with E-state index in [1.807, 2.05) is 12.1 Å². The van der Waals surface area contributed by atoms with Gasteiger partial charge in [0.1, 0.15) is 0 Å². The first-order valence-corrected chi connectivity index (χ1v) is 6.22. The molecule has 0 saturated heterocycles. The summed E-state index contributed by atoms with van der Waals surface area (Å²) in [5.41, 5.74) is 0.907. The summed E-state index contributed by atoms with van der Waals surface area (Å²) in [5.74, 6) is 1.25. The lowest BCUT2D eigenvalue weighted by Gasteiger charge is -2.05. The van der Waals surface area contributed by atoms with E-state index in [4.69, 9.17) is 4.42 Å². The van der Waals surface area contributed by atoms with Crippen molar-refractivity contribution >= 4 is 0 Å². The predicted octanol–water partition coefficient (Wildman–Crippen LogP) is 2.06. The van der Waals surface area contributed by atoms with Gasteiger partial charge in [-0.05, 0) is 25.1 Å². The standard InChI is InChI=1S/C13H18N4O/c1-10(2)15-7-3-4-12-16-17-13(18-12)11-5-8-14-9-6-11/h5-6,8-10,15H,3-4,7H2,1-2H3. The summed E-state index contributed by atoms with van der Waals surface area (Å²) in [6, 6.07) is 4.23. The van der Waals surface area contributed by atoms with Crippen LogP contribution in [0.25, 0.3) is 11.5 Å². The number of aromatic nitrogens is 3. The van der Waals surface area contributed by atoms with Crippen molar-refractivity contribution in [1.82, 2.24) is 20.5 Å². The monoisotopic (exact) mass is 246 g/mol. The maximum absolute atomic E-state index is 5.60. The number of pyridine rings is 1. The Morgan fingerprint density at radius 2 is 2.00 bits per heavy atom. The van der Waals surface area contributed by atoms with Gasteiger partial charge in [0.2, 0.25) is 11.8 Å². The second-order valence-electron chi connectivity index (χ2n) is 4.45. The van der Waals surface area contributed by atoms with Crippen LogP contribution in [-0.4, -0.2) is 27.8 Å². The Morgan fingerprint density at radius 1 is 1.22 bits per heavy atom. The lowest BCUT2D eigenvalue weighted by atomic mass is 10.3. The van der Waals surface area contributed by atoms with E-state index in [2.05, 4.69) is 34.3 Å². The van der Waals surface area contributed by atoms with E-state index in [1.165, 1.54) is 0 Å². The Morgan fingerprint density at radius 3 is 2.72 bits per heavy atom. The Balaban J connectivity index is 1.87. The molecular weight excluding hydrogens is 228 g/mol. The second-order valence-corrected chi connectivity index (χ2v) is 4.45. The van der Waals surface area contributed by atoms with Crippen LogP contribution < -0.4 is 5.32 Å². The van der Waals surface area contributed by atoms with Crippen LogP contribution in [0.5, 0.6) is 0 Å². The number of hydrogen-bond acceptors (Lipinski definition) is 5. The highest BCUT2D eigenvalue weighted by atomic mass is 16.4. The number of aryl methyl sites for hydroxylation is 1. The van der Waals surface area contributed by atoms with E-state index in [-0.39, 0.29) is 0 Å². The zero-order chi connectivity index (χ0) is 12.8. The molecule has 0 aliphatic carbocycles. The first-order valence-electron chi connectivity index (χ1n) is 6.22. The summed E-state index contributed by atoms with van der Waals surface area (Å²) in [7, 11) is 0. The molecule has 2 aromatic heterocycles. The van der Waals surface area contributed by atoms with Gasteiger partial charge in [-0.15, -0.1) is 10.2 Å². The Kier molecular flexibility index (Phi) is 4.41. The van der Waals surface area contributed by atoms with E-state index in [0.29, 0.717) is 17.8 Å². The summed E-state index contributed by atoms with van der Waals surface area (Å²) in [6.07, 6.45) is 5.23. The van der Waals surface area contributed by atoms with Crippen molar-refractivity contribution in [3.8, 4) is 11.5 Å². The van der Waals surface area contributed by atoms with E-state index in [1.54, 1.807) is 12.4 Å². The average Bonchev–Trinajstić information content (AvgIpc) is 2.84. The fraction of sp³-hybridized carbons (Fsp3) is 0.462. The van der Waals surface area contributed by atoms with Gasteiger partial charge in [0, 0.05) is 30.4 Å². The maximum atomic E-state index is 5.60. The van der Waals surface area contributed by atoms with Crippen LogP contribution in [-0.2, 0) is 6.42 Å². The normalized spacial score (nSPS) is 11.1. The molecule has 96 valence electrons. The molecule has 2 heterocycles. The molecule has 0 spiro atoms. The highest BCUT2D eigenvalue weighted by Gasteiger charge is 2.07. The molecular formula is C13H18N4O. The van der Waals surface area contributed by atoms with E-state index < -0.39 is 0 Å². The molecule has 0 atom stereocenters. The van der Waals surface area contributed by atoms with Gasteiger partial charge >= 0.3 is 0 Å². The van der Waals surface area contributed by atoms with Crippen LogP contribution >= 0.6 is 0 Å². The molecule has 0 aliphatic heterocycles. The van der Waals surface area contributed by atoms with E-state index >= 15 is 0 Å². The van der Waals surface area contributed by atoms with Gasteiger partial charge in [0.05, 0.1) is 0 Å². The highest BCUT2D eigenvalue weighted by molar-refractivity contribution is 5.50. The summed E-state index contributed by atoms with van der Waals surface area (Å²) in [6.45, 7) is 5.23. The lowest BCUT2D eigenvalue weighted by molar-refractivity contribution is 0.484. The van der Waals surface area contributed by atoms with Gasteiger partial charge < -0.3 is 9.73 Å². The van der Waals surface area contributed by atoms with Crippen molar-refractivity contribution in [2.75, 3.05) is 6.54 Å². The fourth-order valence-electron chi connectivity index (χ4n) is 1.60. The Bertz CT molecular complexity index is 467. The van der Waals surface area contributed by atoms with E-state index in [0.717, 1.165) is 24.9 Å². The minimum Gasteiger partial charge on any atom is -0.421 e. The Hall–Kier alpha value is -1.75. The predicted molar refractivity (Wildman–Crippen MR) is 69.0 cm³/mol. The molecule has 0 bridgehead atoms. The molecule has 5 nitrogen and oxygen atoms in total. The zero-order valence-electron chi connectivity index (χ0n) is 10.8. The summed E-state index contributed by atoms with van der Waals surface area (Å²) in [5, 5.41) is 11.4. The molecule has 0 radical (unpaired) electrons. The van der Waals surface area contributed by atoms with Gasteiger partial charge in [0.25, 0.3) is 0 Å². The fourth-order valence-corrected chi connectivity index (χ4v) is 1.60. The minimum absolute atomic E-state index is 0.514.